The number of nitrogens with zero attached hydrogens (tertiary/aromatic N) is 4. The van der Waals surface area contributed by atoms with Gasteiger partial charge in [0.25, 0.3) is 0 Å². The van der Waals surface area contributed by atoms with Gasteiger partial charge in [0, 0.05) is 5.69 Å². The molecule has 0 bridgehead atoms. The Hall–Kier alpha value is -2.44. The Morgan fingerprint density at radius 2 is 1.62 bits per heavy atom. The van der Waals surface area contributed by atoms with Crippen LogP contribution in [0.4, 0.5) is 0 Å². The third-order valence-corrected chi connectivity index (χ3v) is 5.80. The number of ether oxygens (including phenoxy) is 1. The molecule has 29 heavy (non-hydrogen) atoms. The summed E-state index contributed by atoms with van der Waals surface area (Å²) in [5.74, 6) is 1.69. The number of hydrogen-bond donors (Lipinski definition) is 0. The van der Waals surface area contributed by atoms with Gasteiger partial charge in [-0.05, 0) is 68.8 Å². The van der Waals surface area contributed by atoms with Crippen molar-refractivity contribution >= 4 is 12.2 Å². The first-order valence-corrected chi connectivity index (χ1v) is 10.8. The standard InChI is InChI=1S/C23H28N4OS/c1-19-11-7-8-14-21(19)28-17-22-24-26(18-25-15-9-2-3-10-16-25)23(29)27(22)20-12-5-4-6-13-20/h4-8,11-14H,2-3,9-10,15-18H2,1H3. The van der Waals surface area contributed by atoms with Crippen molar-refractivity contribution in [3.63, 3.8) is 0 Å². The van der Waals surface area contributed by atoms with E-state index in [1.54, 1.807) is 0 Å². The molecule has 1 aromatic heterocycles. The number of aromatic nitrogens is 3. The smallest absolute Gasteiger partial charge is 0.203 e. The van der Waals surface area contributed by atoms with Crippen LogP contribution in [0.5, 0.6) is 5.75 Å². The molecule has 3 aromatic rings. The first-order chi connectivity index (χ1) is 14.2. The van der Waals surface area contributed by atoms with Crippen LogP contribution >= 0.6 is 12.2 Å². The lowest BCUT2D eigenvalue weighted by Gasteiger charge is -2.19. The van der Waals surface area contributed by atoms with E-state index >= 15 is 0 Å². The molecule has 4 rings (SSSR count). The summed E-state index contributed by atoms with van der Waals surface area (Å²) in [6.07, 6.45) is 5.12. The maximum Gasteiger partial charge on any atom is 0.203 e. The third-order valence-electron chi connectivity index (χ3n) is 5.40. The van der Waals surface area contributed by atoms with Gasteiger partial charge < -0.3 is 4.74 Å². The minimum absolute atomic E-state index is 0.371. The molecule has 152 valence electrons. The van der Waals surface area contributed by atoms with Crippen molar-refractivity contribution in [3.8, 4) is 11.4 Å². The van der Waals surface area contributed by atoms with Crippen LogP contribution in [0.15, 0.2) is 54.6 Å². The van der Waals surface area contributed by atoms with E-state index in [4.69, 9.17) is 22.1 Å². The Kier molecular flexibility index (Phi) is 6.42. The summed E-state index contributed by atoms with van der Waals surface area (Å²) in [6, 6.07) is 18.2. The van der Waals surface area contributed by atoms with Crippen molar-refractivity contribution in [1.82, 2.24) is 19.2 Å². The number of hydrogen-bond acceptors (Lipinski definition) is 4. The number of aryl methyl sites for hydroxylation is 1. The molecule has 1 aliphatic rings. The molecule has 0 atom stereocenters. The summed E-state index contributed by atoms with van der Waals surface area (Å²) in [5.41, 5.74) is 2.13. The maximum atomic E-state index is 6.11. The van der Waals surface area contributed by atoms with Crippen LogP contribution in [-0.2, 0) is 13.3 Å². The van der Waals surface area contributed by atoms with Gasteiger partial charge in [-0.1, -0.05) is 49.2 Å². The second-order valence-corrected chi connectivity index (χ2v) is 7.96. The Morgan fingerprint density at radius 3 is 2.34 bits per heavy atom. The highest BCUT2D eigenvalue weighted by Crippen LogP contribution is 2.20. The van der Waals surface area contributed by atoms with Gasteiger partial charge in [0.05, 0.1) is 6.67 Å². The molecule has 1 fully saturated rings. The topological polar surface area (TPSA) is 35.2 Å². The molecule has 2 heterocycles. The Morgan fingerprint density at radius 1 is 0.931 bits per heavy atom. The van der Waals surface area contributed by atoms with Gasteiger partial charge >= 0.3 is 0 Å². The fraction of sp³-hybridized carbons (Fsp3) is 0.391. The molecule has 0 aliphatic carbocycles. The summed E-state index contributed by atoms with van der Waals surface area (Å²) < 4.78 is 10.8. The van der Waals surface area contributed by atoms with Gasteiger partial charge in [0.15, 0.2) is 5.82 Å². The first-order valence-electron chi connectivity index (χ1n) is 10.4. The highest BCUT2D eigenvalue weighted by atomic mass is 32.1. The fourth-order valence-electron chi connectivity index (χ4n) is 3.80. The van der Waals surface area contributed by atoms with Gasteiger partial charge in [-0.15, -0.1) is 0 Å². The summed E-state index contributed by atoms with van der Waals surface area (Å²) in [5, 5.41) is 4.86. The van der Waals surface area contributed by atoms with Crippen LogP contribution in [0.2, 0.25) is 0 Å². The molecular formula is C23H28N4OS. The van der Waals surface area contributed by atoms with Crippen LogP contribution in [-0.4, -0.2) is 32.3 Å². The second-order valence-electron chi connectivity index (χ2n) is 7.60. The molecule has 0 saturated carbocycles. The zero-order valence-corrected chi connectivity index (χ0v) is 17.8. The molecule has 2 aromatic carbocycles. The van der Waals surface area contributed by atoms with Crippen LogP contribution in [0.25, 0.3) is 5.69 Å². The van der Waals surface area contributed by atoms with Gasteiger partial charge in [-0.25, -0.2) is 4.68 Å². The molecule has 1 aliphatic heterocycles. The van der Waals surface area contributed by atoms with Crippen LogP contribution in [0.3, 0.4) is 0 Å². The SMILES string of the molecule is Cc1ccccc1OCc1nn(CN2CCCCCC2)c(=S)n1-c1ccccc1. The normalized spacial score (nSPS) is 15.2. The van der Waals surface area contributed by atoms with E-state index in [2.05, 4.69) is 30.0 Å². The lowest BCUT2D eigenvalue weighted by Crippen LogP contribution is -2.28. The van der Waals surface area contributed by atoms with Crippen LogP contribution in [0.1, 0.15) is 37.1 Å². The number of rotatable bonds is 6. The molecular weight excluding hydrogens is 380 g/mol. The van der Waals surface area contributed by atoms with E-state index in [0.29, 0.717) is 11.4 Å². The number of para-hydroxylation sites is 2. The quantitative estimate of drug-likeness (QED) is 0.530. The lowest BCUT2D eigenvalue weighted by atomic mass is 10.2. The molecule has 0 amide bonds. The highest BCUT2D eigenvalue weighted by molar-refractivity contribution is 7.71. The fourth-order valence-corrected chi connectivity index (χ4v) is 4.11. The number of likely N-dealkylation sites (tertiary alicyclic amines) is 1. The molecule has 0 spiro atoms. The van der Waals surface area contributed by atoms with E-state index in [1.165, 1.54) is 25.7 Å². The van der Waals surface area contributed by atoms with E-state index < -0.39 is 0 Å². The average molecular weight is 409 g/mol. The largest absolute Gasteiger partial charge is 0.485 e. The zero-order valence-electron chi connectivity index (χ0n) is 17.0. The maximum absolute atomic E-state index is 6.11. The number of benzene rings is 2. The van der Waals surface area contributed by atoms with Crippen LogP contribution in [0, 0.1) is 11.7 Å². The monoisotopic (exact) mass is 408 g/mol. The molecule has 0 radical (unpaired) electrons. The highest BCUT2D eigenvalue weighted by Gasteiger charge is 2.16. The minimum Gasteiger partial charge on any atom is -0.485 e. The Balaban J connectivity index is 1.63. The van der Waals surface area contributed by atoms with Crippen LogP contribution < -0.4 is 4.74 Å². The predicted octanol–water partition coefficient (Wildman–Crippen LogP) is 5.12. The molecule has 1 saturated heterocycles. The Labute approximate surface area is 177 Å². The molecule has 0 unspecified atom stereocenters. The minimum atomic E-state index is 0.371. The van der Waals surface area contributed by atoms with Gasteiger partial charge in [-0.3, -0.25) is 9.47 Å². The molecule has 0 N–H and O–H groups in total. The summed E-state index contributed by atoms with van der Waals surface area (Å²) in [4.78, 5) is 2.46. The average Bonchev–Trinajstić information content (AvgIpc) is 2.89. The van der Waals surface area contributed by atoms with E-state index in [0.717, 1.165) is 42.6 Å². The van der Waals surface area contributed by atoms with E-state index in [9.17, 15) is 0 Å². The summed E-state index contributed by atoms with van der Waals surface area (Å²) in [7, 11) is 0. The molecule has 5 nitrogen and oxygen atoms in total. The van der Waals surface area contributed by atoms with Crippen molar-refractivity contribution in [2.75, 3.05) is 13.1 Å². The summed E-state index contributed by atoms with van der Waals surface area (Å²) >= 11 is 5.84. The van der Waals surface area contributed by atoms with Gasteiger partial charge in [-0.2, -0.15) is 5.10 Å². The van der Waals surface area contributed by atoms with Gasteiger partial charge in [0.1, 0.15) is 12.4 Å². The summed E-state index contributed by atoms with van der Waals surface area (Å²) in [6.45, 7) is 5.37. The van der Waals surface area contributed by atoms with Crippen molar-refractivity contribution in [2.45, 2.75) is 45.9 Å². The van der Waals surface area contributed by atoms with Crippen molar-refractivity contribution < 1.29 is 4.74 Å². The Bertz CT molecular complexity index is 988. The second kappa shape index (κ2) is 9.37. The lowest BCUT2D eigenvalue weighted by molar-refractivity contribution is 0.211. The predicted molar refractivity (Wildman–Crippen MR) is 118 cm³/mol. The van der Waals surface area contributed by atoms with Crippen molar-refractivity contribution in [1.29, 1.82) is 0 Å². The van der Waals surface area contributed by atoms with E-state index in [1.807, 2.05) is 45.6 Å². The third kappa shape index (κ3) is 4.77. The zero-order chi connectivity index (χ0) is 20.1. The van der Waals surface area contributed by atoms with Gasteiger partial charge in [0.2, 0.25) is 4.77 Å². The molecule has 6 heteroatoms. The van der Waals surface area contributed by atoms with Crippen molar-refractivity contribution in [3.05, 3.63) is 70.8 Å². The van der Waals surface area contributed by atoms with Crippen molar-refractivity contribution in [2.24, 2.45) is 0 Å². The van der Waals surface area contributed by atoms with E-state index in [-0.39, 0.29) is 0 Å². The first kappa shape index (κ1) is 19.9.